The lowest BCUT2D eigenvalue weighted by Crippen LogP contribution is -2.21. The number of hydrogen-bond acceptors (Lipinski definition) is 4. The third-order valence-corrected chi connectivity index (χ3v) is 2.21. The van der Waals surface area contributed by atoms with Crippen molar-refractivity contribution in [1.29, 1.82) is 0 Å². The van der Waals surface area contributed by atoms with Crippen molar-refractivity contribution in [2.75, 3.05) is 6.54 Å². The highest BCUT2D eigenvalue weighted by molar-refractivity contribution is 5.05. The van der Waals surface area contributed by atoms with E-state index in [9.17, 15) is 0 Å². The van der Waals surface area contributed by atoms with E-state index in [-0.39, 0.29) is 5.60 Å². The summed E-state index contributed by atoms with van der Waals surface area (Å²) < 4.78 is 11.0. The molecule has 4 heteroatoms. The smallest absolute Gasteiger partial charge is 0.181 e. The van der Waals surface area contributed by atoms with Crippen molar-refractivity contribution < 1.29 is 9.15 Å². The van der Waals surface area contributed by atoms with Crippen LogP contribution in [-0.4, -0.2) is 17.1 Å². The fourth-order valence-corrected chi connectivity index (χ4v) is 1.32. The molecule has 1 heterocycles. The van der Waals surface area contributed by atoms with E-state index < -0.39 is 0 Å². The first-order valence-electron chi connectivity index (χ1n) is 6.14. The van der Waals surface area contributed by atoms with Crippen molar-refractivity contribution in [2.45, 2.75) is 53.4 Å². The summed E-state index contributed by atoms with van der Waals surface area (Å²) in [5.74, 6) is 1.45. The molecule has 0 bridgehead atoms. The zero-order valence-corrected chi connectivity index (χ0v) is 11.5. The minimum atomic E-state index is -0.157. The van der Waals surface area contributed by atoms with Crippen LogP contribution >= 0.6 is 0 Å². The Morgan fingerprint density at radius 3 is 2.71 bits per heavy atom. The molecule has 0 saturated carbocycles. The first-order valence-corrected chi connectivity index (χ1v) is 6.14. The molecule has 0 unspecified atom stereocenters. The largest absolute Gasteiger partial charge is 0.446 e. The van der Waals surface area contributed by atoms with Crippen LogP contribution in [-0.2, 0) is 17.9 Å². The van der Waals surface area contributed by atoms with E-state index in [1.54, 1.807) is 0 Å². The lowest BCUT2D eigenvalue weighted by Gasteiger charge is -2.18. The van der Waals surface area contributed by atoms with Gasteiger partial charge in [0, 0.05) is 6.54 Å². The molecule has 1 N–H and O–H groups in total. The summed E-state index contributed by atoms with van der Waals surface area (Å²) >= 11 is 0. The number of ether oxygens (including phenoxy) is 1. The number of aromatic nitrogens is 1. The topological polar surface area (TPSA) is 47.3 Å². The predicted molar refractivity (Wildman–Crippen MR) is 67.6 cm³/mol. The number of oxazole rings is 1. The van der Waals surface area contributed by atoms with Gasteiger partial charge in [-0.05, 0) is 33.2 Å². The van der Waals surface area contributed by atoms with Crippen LogP contribution in [0, 0.1) is 5.92 Å². The average molecular weight is 240 g/mol. The quantitative estimate of drug-likeness (QED) is 0.830. The summed E-state index contributed by atoms with van der Waals surface area (Å²) in [6.45, 7) is 12.6. The molecular weight excluding hydrogens is 216 g/mol. The van der Waals surface area contributed by atoms with E-state index in [4.69, 9.17) is 9.15 Å². The second-order valence-corrected chi connectivity index (χ2v) is 5.65. The Hall–Kier alpha value is -0.870. The molecule has 0 aromatic carbocycles. The van der Waals surface area contributed by atoms with Gasteiger partial charge in [-0.1, -0.05) is 13.8 Å². The highest BCUT2D eigenvalue weighted by Crippen LogP contribution is 2.14. The Labute approximate surface area is 104 Å². The molecular formula is C13H24N2O2. The maximum absolute atomic E-state index is 5.68. The number of rotatable bonds is 6. The molecule has 4 nitrogen and oxygen atoms in total. The van der Waals surface area contributed by atoms with Gasteiger partial charge >= 0.3 is 0 Å². The molecule has 17 heavy (non-hydrogen) atoms. The van der Waals surface area contributed by atoms with Crippen molar-refractivity contribution in [3.63, 3.8) is 0 Å². The molecule has 0 aliphatic carbocycles. The molecule has 0 radical (unpaired) electrons. The number of nitrogens with zero attached hydrogens (tertiary/aromatic N) is 1. The van der Waals surface area contributed by atoms with E-state index in [0.717, 1.165) is 24.5 Å². The van der Waals surface area contributed by atoms with Gasteiger partial charge in [0.2, 0.25) is 0 Å². The predicted octanol–water partition coefficient (Wildman–Crippen LogP) is 2.74. The van der Waals surface area contributed by atoms with Gasteiger partial charge in [-0.15, -0.1) is 0 Å². The third kappa shape index (κ3) is 5.84. The fourth-order valence-electron chi connectivity index (χ4n) is 1.32. The number of hydrogen-bond donors (Lipinski definition) is 1. The minimum Gasteiger partial charge on any atom is -0.446 e. The van der Waals surface area contributed by atoms with Gasteiger partial charge in [-0.25, -0.2) is 4.98 Å². The van der Waals surface area contributed by atoms with Crippen LogP contribution in [0.25, 0.3) is 0 Å². The molecule has 0 amide bonds. The molecule has 0 atom stereocenters. The van der Waals surface area contributed by atoms with Crippen LogP contribution in [0.3, 0.4) is 0 Å². The Balaban J connectivity index is 2.43. The summed E-state index contributed by atoms with van der Waals surface area (Å²) in [5, 5.41) is 3.35. The van der Waals surface area contributed by atoms with Crippen LogP contribution in [0.1, 0.15) is 46.1 Å². The highest BCUT2D eigenvalue weighted by atomic mass is 16.5. The van der Waals surface area contributed by atoms with E-state index >= 15 is 0 Å². The van der Waals surface area contributed by atoms with Crippen molar-refractivity contribution in [3.8, 4) is 0 Å². The zero-order chi connectivity index (χ0) is 12.9. The van der Waals surface area contributed by atoms with Gasteiger partial charge in [-0.3, -0.25) is 0 Å². The van der Waals surface area contributed by atoms with Crippen molar-refractivity contribution in [3.05, 3.63) is 17.8 Å². The maximum atomic E-state index is 5.68. The van der Waals surface area contributed by atoms with Crippen LogP contribution < -0.4 is 5.32 Å². The molecule has 1 aromatic heterocycles. The molecule has 1 aromatic rings. The Morgan fingerprint density at radius 2 is 2.12 bits per heavy atom. The highest BCUT2D eigenvalue weighted by Gasteiger charge is 2.14. The van der Waals surface area contributed by atoms with Gasteiger partial charge in [0.15, 0.2) is 12.2 Å². The SMILES string of the molecule is CC(C)CNCc1ncoc1COC(C)(C)C. The van der Waals surface area contributed by atoms with E-state index in [1.807, 2.05) is 20.8 Å². The molecule has 98 valence electrons. The maximum Gasteiger partial charge on any atom is 0.181 e. The number of nitrogens with one attached hydrogen (secondary N) is 1. The first-order chi connectivity index (χ1) is 7.88. The second kappa shape index (κ2) is 6.17. The molecule has 0 saturated heterocycles. The average Bonchev–Trinajstić information content (AvgIpc) is 2.61. The molecule has 0 aliphatic rings. The first kappa shape index (κ1) is 14.2. The summed E-state index contributed by atoms with van der Waals surface area (Å²) in [7, 11) is 0. The fraction of sp³-hybridized carbons (Fsp3) is 0.769. The van der Waals surface area contributed by atoms with Crippen LogP contribution in [0.5, 0.6) is 0 Å². The van der Waals surface area contributed by atoms with E-state index in [2.05, 4.69) is 24.1 Å². The van der Waals surface area contributed by atoms with Gasteiger partial charge in [-0.2, -0.15) is 0 Å². The van der Waals surface area contributed by atoms with Crippen LogP contribution in [0.4, 0.5) is 0 Å². The Morgan fingerprint density at radius 1 is 1.41 bits per heavy atom. The van der Waals surface area contributed by atoms with Crippen LogP contribution in [0.15, 0.2) is 10.8 Å². The molecule has 0 spiro atoms. The minimum absolute atomic E-state index is 0.157. The van der Waals surface area contributed by atoms with Gasteiger partial charge in [0.1, 0.15) is 6.61 Å². The van der Waals surface area contributed by atoms with Crippen molar-refractivity contribution in [2.24, 2.45) is 5.92 Å². The zero-order valence-electron chi connectivity index (χ0n) is 11.5. The standard InChI is InChI=1S/C13H24N2O2/c1-10(2)6-14-7-11-12(16-9-15-11)8-17-13(3,4)5/h9-10,14H,6-8H2,1-5H3. The summed E-state index contributed by atoms with van der Waals surface area (Å²) in [5.41, 5.74) is 0.782. The van der Waals surface area contributed by atoms with E-state index in [1.165, 1.54) is 6.39 Å². The Bertz CT molecular complexity index is 326. The summed E-state index contributed by atoms with van der Waals surface area (Å²) in [6, 6.07) is 0. The van der Waals surface area contributed by atoms with Crippen LogP contribution in [0.2, 0.25) is 0 Å². The summed E-state index contributed by atoms with van der Waals surface area (Å²) in [4.78, 5) is 4.20. The molecule has 1 rings (SSSR count). The van der Waals surface area contributed by atoms with E-state index in [0.29, 0.717) is 12.5 Å². The normalized spacial score (nSPS) is 12.4. The summed E-state index contributed by atoms with van der Waals surface area (Å²) in [6.07, 6.45) is 1.48. The lowest BCUT2D eigenvalue weighted by atomic mass is 10.2. The second-order valence-electron chi connectivity index (χ2n) is 5.65. The van der Waals surface area contributed by atoms with Crippen molar-refractivity contribution >= 4 is 0 Å². The monoisotopic (exact) mass is 240 g/mol. The van der Waals surface area contributed by atoms with Gasteiger partial charge in [0.05, 0.1) is 11.3 Å². The third-order valence-electron chi connectivity index (χ3n) is 2.21. The Kier molecular flexibility index (Phi) is 5.15. The van der Waals surface area contributed by atoms with Crippen molar-refractivity contribution in [1.82, 2.24) is 10.3 Å². The lowest BCUT2D eigenvalue weighted by molar-refractivity contribution is -0.0228. The van der Waals surface area contributed by atoms with Gasteiger partial charge in [0.25, 0.3) is 0 Å². The molecule has 0 fully saturated rings. The molecule has 0 aliphatic heterocycles. The van der Waals surface area contributed by atoms with Gasteiger partial charge < -0.3 is 14.5 Å².